The van der Waals surface area contributed by atoms with E-state index in [9.17, 15) is 0 Å². The van der Waals surface area contributed by atoms with Crippen LogP contribution in [-0.4, -0.2) is 44.3 Å². The summed E-state index contributed by atoms with van der Waals surface area (Å²) in [5.74, 6) is 2.36. The molecule has 0 aliphatic carbocycles. The molecule has 5 nitrogen and oxygen atoms in total. The van der Waals surface area contributed by atoms with E-state index in [2.05, 4.69) is 37.1 Å². The highest BCUT2D eigenvalue weighted by atomic mass is 16.5. The van der Waals surface area contributed by atoms with E-state index in [1.54, 1.807) is 14.2 Å². The standard InChI is InChI=1S/C22H24N2O3/c1-14-10-18(23-21-17(14)6-5-7-19(21)25-3)15-11-16-13-24(2)8-9-27-22(16)20(12-15)26-4/h5-7,10-12H,8-9,13H2,1-4H3. The van der Waals surface area contributed by atoms with Gasteiger partial charge in [0.15, 0.2) is 11.5 Å². The zero-order valence-corrected chi connectivity index (χ0v) is 16.2. The first kappa shape index (κ1) is 17.6. The van der Waals surface area contributed by atoms with Crippen molar-refractivity contribution in [2.75, 3.05) is 34.4 Å². The molecule has 27 heavy (non-hydrogen) atoms. The highest BCUT2D eigenvalue weighted by Gasteiger charge is 2.20. The van der Waals surface area contributed by atoms with Gasteiger partial charge in [0, 0.05) is 29.6 Å². The van der Waals surface area contributed by atoms with E-state index >= 15 is 0 Å². The lowest BCUT2D eigenvalue weighted by Gasteiger charge is -2.16. The maximum absolute atomic E-state index is 5.96. The van der Waals surface area contributed by atoms with Gasteiger partial charge in [0.05, 0.1) is 19.9 Å². The normalized spacial score (nSPS) is 14.4. The third-order valence-electron chi connectivity index (χ3n) is 5.04. The highest BCUT2D eigenvalue weighted by Crippen LogP contribution is 2.39. The van der Waals surface area contributed by atoms with E-state index in [1.807, 2.05) is 18.2 Å². The van der Waals surface area contributed by atoms with Gasteiger partial charge in [-0.05, 0) is 43.8 Å². The molecule has 140 valence electrons. The van der Waals surface area contributed by atoms with E-state index in [0.29, 0.717) is 6.61 Å². The molecule has 1 aromatic heterocycles. The lowest BCUT2D eigenvalue weighted by atomic mass is 10.0. The van der Waals surface area contributed by atoms with Gasteiger partial charge in [-0.15, -0.1) is 0 Å². The van der Waals surface area contributed by atoms with Crippen LogP contribution in [0.15, 0.2) is 36.4 Å². The smallest absolute Gasteiger partial charge is 0.165 e. The first-order valence-corrected chi connectivity index (χ1v) is 9.07. The fraction of sp³-hybridized carbons (Fsp3) is 0.318. The number of pyridine rings is 1. The third-order valence-corrected chi connectivity index (χ3v) is 5.04. The highest BCUT2D eigenvalue weighted by molar-refractivity contribution is 5.89. The molecule has 5 heteroatoms. The number of rotatable bonds is 3. The molecule has 0 fully saturated rings. The molecule has 2 aromatic carbocycles. The average Bonchev–Trinajstić information content (AvgIpc) is 2.87. The second kappa shape index (κ2) is 7.08. The fourth-order valence-corrected chi connectivity index (χ4v) is 3.62. The minimum absolute atomic E-state index is 0.656. The molecule has 0 spiro atoms. The van der Waals surface area contributed by atoms with E-state index in [4.69, 9.17) is 19.2 Å². The molecule has 3 aromatic rings. The second-order valence-electron chi connectivity index (χ2n) is 6.93. The molecule has 0 N–H and O–H groups in total. The largest absolute Gasteiger partial charge is 0.494 e. The SMILES string of the molecule is COc1cc(-c2cc(C)c3cccc(OC)c3n2)cc2c1OCCN(C)C2. The summed E-state index contributed by atoms with van der Waals surface area (Å²) in [4.78, 5) is 7.16. The lowest BCUT2D eigenvalue weighted by Crippen LogP contribution is -2.20. The third kappa shape index (κ3) is 3.19. The number of aryl methyl sites for hydroxylation is 1. The molecule has 4 rings (SSSR count). The minimum atomic E-state index is 0.656. The van der Waals surface area contributed by atoms with Crippen LogP contribution in [0.3, 0.4) is 0 Å². The van der Waals surface area contributed by atoms with E-state index < -0.39 is 0 Å². The van der Waals surface area contributed by atoms with Crippen molar-refractivity contribution in [3.8, 4) is 28.5 Å². The number of para-hydroxylation sites is 1. The molecule has 0 radical (unpaired) electrons. The summed E-state index contributed by atoms with van der Waals surface area (Å²) in [6.07, 6.45) is 0. The Kier molecular flexibility index (Phi) is 4.62. The molecule has 0 bridgehead atoms. The van der Waals surface area contributed by atoms with Crippen molar-refractivity contribution in [1.82, 2.24) is 9.88 Å². The molecular weight excluding hydrogens is 340 g/mol. The van der Waals surface area contributed by atoms with Gasteiger partial charge in [-0.25, -0.2) is 4.98 Å². The number of hydrogen-bond donors (Lipinski definition) is 0. The van der Waals surface area contributed by atoms with Crippen molar-refractivity contribution in [2.45, 2.75) is 13.5 Å². The maximum Gasteiger partial charge on any atom is 0.165 e. The Morgan fingerprint density at radius 1 is 1.07 bits per heavy atom. The predicted molar refractivity (Wildman–Crippen MR) is 107 cm³/mol. The molecule has 2 heterocycles. The van der Waals surface area contributed by atoms with Gasteiger partial charge in [0.25, 0.3) is 0 Å². The maximum atomic E-state index is 5.96. The van der Waals surface area contributed by atoms with Crippen LogP contribution in [0.1, 0.15) is 11.1 Å². The Morgan fingerprint density at radius 2 is 1.89 bits per heavy atom. The number of methoxy groups -OCH3 is 2. The monoisotopic (exact) mass is 364 g/mol. The number of benzene rings is 2. The van der Waals surface area contributed by atoms with Crippen molar-refractivity contribution in [2.24, 2.45) is 0 Å². The Hall–Kier alpha value is -2.79. The van der Waals surface area contributed by atoms with Gasteiger partial charge in [-0.2, -0.15) is 0 Å². The van der Waals surface area contributed by atoms with Crippen molar-refractivity contribution in [3.05, 3.63) is 47.5 Å². The van der Waals surface area contributed by atoms with Crippen molar-refractivity contribution in [3.63, 3.8) is 0 Å². The van der Waals surface area contributed by atoms with E-state index in [0.717, 1.165) is 63.6 Å². The fourth-order valence-electron chi connectivity index (χ4n) is 3.62. The summed E-state index contributed by atoms with van der Waals surface area (Å²) >= 11 is 0. The zero-order chi connectivity index (χ0) is 19.0. The van der Waals surface area contributed by atoms with Crippen LogP contribution < -0.4 is 14.2 Å². The summed E-state index contributed by atoms with van der Waals surface area (Å²) in [6, 6.07) is 12.3. The topological polar surface area (TPSA) is 43.8 Å². The summed E-state index contributed by atoms with van der Waals surface area (Å²) in [7, 11) is 5.46. The Labute approximate surface area is 159 Å². The molecule has 0 amide bonds. The second-order valence-corrected chi connectivity index (χ2v) is 6.93. The first-order chi connectivity index (χ1) is 13.1. The van der Waals surface area contributed by atoms with Crippen LogP contribution >= 0.6 is 0 Å². The molecule has 0 saturated carbocycles. The number of hydrogen-bond acceptors (Lipinski definition) is 5. The van der Waals surface area contributed by atoms with Crippen LogP contribution in [0.25, 0.3) is 22.2 Å². The number of ether oxygens (including phenoxy) is 3. The van der Waals surface area contributed by atoms with Crippen LogP contribution in [0.4, 0.5) is 0 Å². The number of nitrogens with zero attached hydrogens (tertiary/aromatic N) is 2. The van der Waals surface area contributed by atoms with Gasteiger partial charge < -0.3 is 14.2 Å². The van der Waals surface area contributed by atoms with Crippen LogP contribution in [-0.2, 0) is 6.54 Å². The predicted octanol–water partition coefficient (Wildman–Crippen LogP) is 4.05. The van der Waals surface area contributed by atoms with Crippen LogP contribution in [0.2, 0.25) is 0 Å². The Bertz CT molecular complexity index is 1000. The molecule has 0 saturated heterocycles. The van der Waals surface area contributed by atoms with Crippen LogP contribution in [0, 0.1) is 6.92 Å². The van der Waals surface area contributed by atoms with Gasteiger partial charge in [-0.3, -0.25) is 4.90 Å². The molecule has 0 atom stereocenters. The van der Waals surface area contributed by atoms with Gasteiger partial charge in [-0.1, -0.05) is 12.1 Å². The average molecular weight is 364 g/mol. The van der Waals surface area contributed by atoms with E-state index in [1.165, 1.54) is 0 Å². The Morgan fingerprint density at radius 3 is 2.67 bits per heavy atom. The molecule has 0 unspecified atom stereocenters. The summed E-state index contributed by atoms with van der Waals surface area (Å²) < 4.78 is 17.1. The Balaban J connectivity index is 1.91. The molecular formula is C22H24N2O3. The first-order valence-electron chi connectivity index (χ1n) is 9.07. The van der Waals surface area contributed by atoms with Crippen molar-refractivity contribution >= 4 is 10.9 Å². The summed E-state index contributed by atoms with van der Waals surface area (Å²) in [6.45, 7) is 4.46. The molecule has 1 aliphatic heterocycles. The van der Waals surface area contributed by atoms with Gasteiger partial charge in [0.1, 0.15) is 17.9 Å². The number of likely N-dealkylation sites (N-methyl/N-ethyl adjacent to an activating group) is 1. The number of fused-ring (bicyclic) bond motifs is 2. The van der Waals surface area contributed by atoms with Gasteiger partial charge >= 0.3 is 0 Å². The lowest BCUT2D eigenvalue weighted by molar-refractivity contribution is 0.252. The zero-order valence-electron chi connectivity index (χ0n) is 16.2. The van der Waals surface area contributed by atoms with E-state index in [-0.39, 0.29) is 0 Å². The van der Waals surface area contributed by atoms with Crippen LogP contribution in [0.5, 0.6) is 17.2 Å². The van der Waals surface area contributed by atoms with Crippen molar-refractivity contribution < 1.29 is 14.2 Å². The minimum Gasteiger partial charge on any atom is -0.494 e. The van der Waals surface area contributed by atoms with Crippen molar-refractivity contribution in [1.29, 1.82) is 0 Å². The molecule has 1 aliphatic rings. The van der Waals surface area contributed by atoms with Gasteiger partial charge in [0.2, 0.25) is 0 Å². The summed E-state index contributed by atoms with van der Waals surface area (Å²) in [5.41, 5.74) is 5.07. The quantitative estimate of drug-likeness (QED) is 0.701. The summed E-state index contributed by atoms with van der Waals surface area (Å²) in [5, 5.41) is 1.10. The number of aromatic nitrogens is 1.